The number of nitrogens with two attached hydrogens (primary N) is 3. The summed E-state index contributed by atoms with van der Waals surface area (Å²) in [6.45, 7) is 1.40. The topological polar surface area (TPSA) is 227 Å². The van der Waals surface area contributed by atoms with Gasteiger partial charge in [0, 0.05) is 13.0 Å². The number of carboxylic acids is 1. The lowest BCUT2D eigenvalue weighted by Crippen LogP contribution is -2.57. The van der Waals surface area contributed by atoms with E-state index < -0.39 is 42.0 Å². The van der Waals surface area contributed by atoms with E-state index in [1.807, 2.05) is 6.07 Å². The molecule has 4 atom stereocenters. The number of carbonyl (C=O) groups excluding carboxylic acids is 3. The molecule has 3 amide bonds. The first-order valence-electron chi connectivity index (χ1n) is 13.4. The van der Waals surface area contributed by atoms with Crippen molar-refractivity contribution in [3.8, 4) is 0 Å². The normalized spacial score (nSPS) is 16.9. The highest BCUT2D eigenvalue weighted by molar-refractivity contribution is 5.94. The molecule has 0 bridgehead atoms. The van der Waals surface area contributed by atoms with Gasteiger partial charge in [-0.25, -0.2) is 4.79 Å². The third-order valence-electron chi connectivity index (χ3n) is 6.43. The van der Waals surface area contributed by atoms with Gasteiger partial charge in [-0.15, -0.1) is 0 Å². The predicted molar refractivity (Wildman–Crippen MR) is 147 cm³/mol. The molecule has 39 heavy (non-hydrogen) atoms. The Kier molecular flexibility index (Phi) is 13.7. The lowest BCUT2D eigenvalue weighted by Gasteiger charge is -2.25. The number of amides is 3. The van der Waals surface area contributed by atoms with Crippen molar-refractivity contribution >= 4 is 29.7 Å². The molecule has 0 aromatic heterocycles. The Bertz CT molecular complexity index is 964. The molecule has 13 nitrogen and oxygen atoms in total. The maximum absolute atomic E-state index is 13.3. The first-order valence-corrected chi connectivity index (χ1v) is 13.4. The van der Waals surface area contributed by atoms with Crippen molar-refractivity contribution in [2.75, 3.05) is 19.6 Å². The molecular weight excluding hydrogens is 504 g/mol. The van der Waals surface area contributed by atoms with Gasteiger partial charge in [0.1, 0.15) is 18.1 Å². The summed E-state index contributed by atoms with van der Waals surface area (Å²) in [7, 11) is 0. The standard InChI is InChI=1S/C26H42N8O5/c27-13-5-4-10-19(24(37)34-21(25(38)39)16-17-8-2-1-3-9-17)33-23(36)20(12-7-15-31-26(28)29)32-22(35)18-11-6-14-30-18/h1-3,8-9,18-21,30H,4-7,10-16,27H2,(H,32,35)(H,33,36)(H,34,37)(H,38,39)(H4,28,29,31). The van der Waals surface area contributed by atoms with E-state index in [1.54, 1.807) is 24.3 Å². The van der Waals surface area contributed by atoms with Gasteiger partial charge in [0.15, 0.2) is 5.96 Å². The van der Waals surface area contributed by atoms with Gasteiger partial charge in [-0.3, -0.25) is 19.4 Å². The van der Waals surface area contributed by atoms with Crippen LogP contribution in [0, 0.1) is 0 Å². The lowest BCUT2D eigenvalue weighted by atomic mass is 10.0. The van der Waals surface area contributed by atoms with Crippen molar-refractivity contribution in [2.24, 2.45) is 22.2 Å². The maximum atomic E-state index is 13.3. The van der Waals surface area contributed by atoms with Crippen LogP contribution in [-0.2, 0) is 25.6 Å². The van der Waals surface area contributed by atoms with E-state index in [9.17, 15) is 24.3 Å². The smallest absolute Gasteiger partial charge is 0.326 e. The van der Waals surface area contributed by atoms with Crippen LogP contribution in [0.3, 0.4) is 0 Å². The van der Waals surface area contributed by atoms with E-state index in [4.69, 9.17) is 17.2 Å². The van der Waals surface area contributed by atoms with E-state index >= 15 is 0 Å². The number of hydrogen-bond acceptors (Lipinski definition) is 7. The van der Waals surface area contributed by atoms with Gasteiger partial charge in [0.05, 0.1) is 6.04 Å². The van der Waals surface area contributed by atoms with Gasteiger partial charge >= 0.3 is 5.97 Å². The summed E-state index contributed by atoms with van der Waals surface area (Å²) in [6, 6.07) is 5.42. The summed E-state index contributed by atoms with van der Waals surface area (Å²) in [5.74, 6) is -2.73. The highest BCUT2D eigenvalue weighted by Gasteiger charge is 2.31. The van der Waals surface area contributed by atoms with Crippen molar-refractivity contribution in [1.82, 2.24) is 21.3 Å². The molecule has 13 heteroatoms. The third-order valence-corrected chi connectivity index (χ3v) is 6.43. The Labute approximate surface area is 228 Å². The average molecular weight is 547 g/mol. The van der Waals surface area contributed by atoms with Crippen LogP contribution in [0.1, 0.15) is 50.5 Å². The fraction of sp³-hybridized carbons (Fsp3) is 0.577. The van der Waals surface area contributed by atoms with Crippen molar-refractivity contribution < 1.29 is 24.3 Å². The minimum absolute atomic E-state index is 0.0738. The lowest BCUT2D eigenvalue weighted by molar-refractivity contribution is -0.142. The van der Waals surface area contributed by atoms with Crippen LogP contribution in [0.5, 0.6) is 0 Å². The van der Waals surface area contributed by atoms with Crippen molar-refractivity contribution in [3.05, 3.63) is 35.9 Å². The Balaban J connectivity index is 2.12. The highest BCUT2D eigenvalue weighted by Crippen LogP contribution is 2.09. The molecule has 11 N–H and O–H groups in total. The van der Waals surface area contributed by atoms with Gasteiger partial charge in [-0.2, -0.15) is 0 Å². The summed E-state index contributed by atoms with van der Waals surface area (Å²) in [5.41, 5.74) is 17.1. The molecule has 0 radical (unpaired) electrons. The Hall–Kier alpha value is -3.71. The number of nitrogens with one attached hydrogen (secondary N) is 4. The first kappa shape index (κ1) is 31.5. The Morgan fingerprint density at radius 3 is 2.18 bits per heavy atom. The fourth-order valence-corrected chi connectivity index (χ4v) is 4.31. The summed E-state index contributed by atoms with van der Waals surface area (Å²) in [6.07, 6.45) is 3.68. The van der Waals surface area contributed by atoms with Gasteiger partial charge in [-0.1, -0.05) is 30.3 Å². The zero-order chi connectivity index (χ0) is 28.6. The Morgan fingerprint density at radius 2 is 1.59 bits per heavy atom. The van der Waals surface area contributed by atoms with Crippen LogP contribution >= 0.6 is 0 Å². The van der Waals surface area contributed by atoms with Crippen molar-refractivity contribution in [3.63, 3.8) is 0 Å². The third kappa shape index (κ3) is 11.7. The van der Waals surface area contributed by atoms with Gasteiger partial charge in [-0.05, 0) is 63.6 Å². The van der Waals surface area contributed by atoms with Crippen LogP contribution in [-0.4, -0.2) is 78.6 Å². The summed E-state index contributed by atoms with van der Waals surface area (Å²) < 4.78 is 0. The molecule has 0 aliphatic carbocycles. The molecular formula is C26H42N8O5. The first-order chi connectivity index (χ1) is 18.7. The van der Waals surface area contributed by atoms with E-state index in [0.717, 1.165) is 18.5 Å². The molecule has 0 spiro atoms. The molecule has 1 heterocycles. The number of benzene rings is 1. The molecule has 1 aliphatic rings. The second-order valence-electron chi connectivity index (χ2n) is 9.59. The van der Waals surface area contributed by atoms with Crippen LogP contribution in [0.15, 0.2) is 35.3 Å². The monoisotopic (exact) mass is 546 g/mol. The van der Waals surface area contributed by atoms with Gasteiger partial charge in [0.25, 0.3) is 0 Å². The molecule has 1 aliphatic heterocycles. The SMILES string of the molecule is NCCCCC(NC(=O)C(CCCN=C(N)N)NC(=O)C1CCCN1)C(=O)NC(Cc1ccccc1)C(=O)O. The van der Waals surface area contributed by atoms with Crippen LogP contribution in [0.2, 0.25) is 0 Å². The average Bonchev–Trinajstić information content (AvgIpc) is 3.45. The van der Waals surface area contributed by atoms with E-state index in [0.29, 0.717) is 32.2 Å². The van der Waals surface area contributed by atoms with Crippen LogP contribution in [0.25, 0.3) is 0 Å². The molecule has 2 rings (SSSR count). The minimum atomic E-state index is -1.19. The maximum Gasteiger partial charge on any atom is 0.326 e. The second kappa shape index (κ2) is 17.0. The highest BCUT2D eigenvalue weighted by atomic mass is 16.4. The number of guanidine groups is 1. The molecule has 1 fully saturated rings. The number of rotatable bonds is 17. The van der Waals surface area contributed by atoms with E-state index in [2.05, 4.69) is 26.3 Å². The molecule has 4 unspecified atom stereocenters. The molecule has 216 valence electrons. The molecule has 1 aromatic rings. The number of unbranched alkanes of at least 4 members (excludes halogenated alkanes) is 1. The van der Waals surface area contributed by atoms with Crippen LogP contribution in [0.4, 0.5) is 0 Å². The number of hydrogen-bond donors (Lipinski definition) is 8. The number of carboxylic acid groups (broad SMARTS) is 1. The molecule has 1 aromatic carbocycles. The molecule has 0 saturated carbocycles. The zero-order valence-corrected chi connectivity index (χ0v) is 22.2. The quantitative estimate of drug-likeness (QED) is 0.0659. The minimum Gasteiger partial charge on any atom is -0.480 e. The number of nitrogens with zero attached hydrogens (tertiary/aromatic N) is 1. The van der Waals surface area contributed by atoms with Gasteiger partial charge < -0.3 is 43.6 Å². The number of aliphatic carboxylic acids is 1. The van der Waals surface area contributed by atoms with E-state index in [-0.39, 0.29) is 37.7 Å². The predicted octanol–water partition coefficient (Wildman–Crippen LogP) is -1.30. The van der Waals surface area contributed by atoms with Crippen molar-refractivity contribution in [1.29, 1.82) is 0 Å². The number of carbonyl (C=O) groups is 4. The number of aliphatic imine (C=N–C) groups is 1. The summed E-state index contributed by atoms with van der Waals surface area (Å²) in [5, 5.41) is 20.9. The van der Waals surface area contributed by atoms with E-state index in [1.165, 1.54) is 0 Å². The Morgan fingerprint density at radius 1 is 0.949 bits per heavy atom. The summed E-state index contributed by atoms with van der Waals surface area (Å²) in [4.78, 5) is 55.1. The summed E-state index contributed by atoms with van der Waals surface area (Å²) >= 11 is 0. The second-order valence-corrected chi connectivity index (χ2v) is 9.59. The molecule has 1 saturated heterocycles. The van der Waals surface area contributed by atoms with Crippen LogP contribution < -0.4 is 38.5 Å². The van der Waals surface area contributed by atoms with Crippen molar-refractivity contribution in [2.45, 2.75) is 75.5 Å². The van der Waals surface area contributed by atoms with Gasteiger partial charge in [0.2, 0.25) is 17.7 Å². The zero-order valence-electron chi connectivity index (χ0n) is 22.2. The largest absolute Gasteiger partial charge is 0.480 e. The fourth-order valence-electron chi connectivity index (χ4n) is 4.31.